The predicted molar refractivity (Wildman–Crippen MR) is 60.2 cm³/mol. The summed E-state index contributed by atoms with van der Waals surface area (Å²) in [4.78, 5) is 0. The van der Waals surface area contributed by atoms with Crippen molar-refractivity contribution in [3.8, 4) is 0 Å². The molecule has 0 amide bonds. The van der Waals surface area contributed by atoms with E-state index in [1.807, 2.05) is 0 Å². The van der Waals surface area contributed by atoms with Crippen molar-refractivity contribution in [2.75, 3.05) is 19.7 Å². The lowest BCUT2D eigenvalue weighted by molar-refractivity contribution is -0.0753. The van der Waals surface area contributed by atoms with E-state index in [2.05, 4.69) is 4.72 Å². The molecule has 0 bridgehead atoms. The lowest BCUT2D eigenvalue weighted by Gasteiger charge is -2.35. The molecule has 0 radical (unpaired) electrons. The summed E-state index contributed by atoms with van der Waals surface area (Å²) in [6, 6.07) is -0.143. The van der Waals surface area contributed by atoms with E-state index in [1.54, 1.807) is 20.8 Å². The third-order valence-electron chi connectivity index (χ3n) is 2.22. The summed E-state index contributed by atoms with van der Waals surface area (Å²) in [7, 11) is -3.47. The van der Waals surface area contributed by atoms with Gasteiger partial charge in [-0.25, -0.2) is 0 Å². The molecule has 0 aliphatic carbocycles. The van der Waals surface area contributed by atoms with Crippen LogP contribution in [-0.4, -0.2) is 55.8 Å². The molecule has 2 N–H and O–H groups in total. The summed E-state index contributed by atoms with van der Waals surface area (Å²) in [6.45, 7) is 5.68. The molecule has 0 aromatic carbocycles. The Kier molecular flexibility index (Phi) is 4.69. The van der Waals surface area contributed by atoms with Crippen LogP contribution in [0.1, 0.15) is 20.8 Å². The minimum absolute atomic E-state index is 0.143. The van der Waals surface area contributed by atoms with Crippen molar-refractivity contribution in [2.24, 2.45) is 0 Å². The first-order valence-corrected chi connectivity index (χ1v) is 6.83. The second-order valence-corrected chi connectivity index (χ2v) is 6.05. The van der Waals surface area contributed by atoms with E-state index in [1.165, 1.54) is 4.31 Å². The van der Waals surface area contributed by atoms with Gasteiger partial charge in [0.05, 0.1) is 18.8 Å². The number of aliphatic hydroxyl groups excluding tert-OH is 1. The van der Waals surface area contributed by atoms with Crippen LogP contribution >= 0.6 is 0 Å². The zero-order chi connectivity index (χ0) is 12.3. The molecule has 6 nitrogen and oxygen atoms in total. The summed E-state index contributed by atoms with van der Waals surface area (Å²) in [5.41, 5.74) is 0. The molecule has 0 aromatic heterocycles. The highest BCUT2D eigenvalue weighted by molar-refractivity contribution is 7.87. The van der Waals surface area contributed by atoms with Crippen LogP contribution in [0.4, 0.5) is 0 Å². The number of aliphatic hydroxyl groups is 1. The predicted octanol–water partition coefficient (Wildman–Crippen LogP) is -0.689. The maximum atomic E-state index is 11.9. The van der Waals surface area contributed by atoms with Crippen LogP contribution < -0.4 is 4.72 Å². The topological polar surface area (TPSA) is 78.9 Å². The Morgan fingerprint density at radius 3 is 2.62 bits per heavy atom. The van der Waals surface area contributed by atoms with Gasteiger partial charge < -0.3 is 9.84 Å². The molecule has 1 fully saturated rings. The van der Waals surface area contributed by atoms with Crippen molar-refractivity contribution >= 4 is 10.2 Å². The van der Waals surface area contributed by atoms with Crippen molar-refractivity contribution in [3.63, 3.8) is 0 Å². The number of hydrogen-bond donors (Lipinski definition) is 2. The van der Waals surface area contributed by atoms with Gasteiger partial charge in [0.2, 0.25) is 0 Å². The second-order valence-electron chi connectivity index (χ2n) is 4.35. The van der Waals surface area contributed by atoms with Gasteiger partial charge in [0.1, 0.15) is 0 Å². The summed E-state index contributed by atoms with van der Waals surface area (Å²) in [6.07, 6.45) is -0.637. The van der Waals surface area contributed by atoms with Crippen LogP contribution in [0.15, 0.2) is 0 Å². The van der Waals surface area contributed by atoms with Gasteiger partial charge in [-0.05, 0) is 20.8 Å². The number of rotatable bonds is 4. The number of ether oxygens (including phenoxy) is 1. The minimum atomic E-state index is -3.47. The normalized spacial score (nSPS) is 28.6. The van der Waals surface area contributed by atoms with Gasteiger partial charge in [-0.1, -0.05) is 0 Å². The van der Waals surface area contributed by atoms with Crippen molar-refractivity contribution in [3.05, 3.63) is 0 Å². The lowest BCUT2D eigenvalue weighted by atomic mass is 10.2. The molecule has 0 saturated carbocycles. The Labute approximate surface area is 96.8 Å². The lowest BCUT2D eigenvalue weighted by Crippen LogP contribution is -2.54. The molecule has 2 atom stereocenters. The van der Waals surface area contributed by atoms with Gasteiger partial charge in [-0.15, -0.1) is 0 Å². The Balaban J connectivity index is 2.71. The summed E-state index contributed by atoms with van der Waals surface area (Å²) >= 11 is 0. The Morgan fingerprint density at radius 2 is 2.12 bits per heavy atom. The van der Waals surface area contributed by atoms with Crippen LogP contribution in [0.3, 0.4) is 0 Å². The van der Waals surface area contributed by atoms with Crippen molar-refractivity contribution in [1.82, 2.24) is 9.03 Å². The van der Waals surface area contributed by atoms with E-state index in [-0.39, 0.29) is 25.3 Å². The highest BCUT2D eigenvalue weighted by Gasteiger charge is 2.32. The number of nitrogens with zero attached hydrogens (tertiary/aromatic N) is 1. The standard InChI is InChI=1S/C9H20N2O4S/c1-7(2)10-16(13,14)11-4-8(3)15-9(5-11)6-12/h7-10,12H,4-6H2,1-3H3. The molecule has 2 unspecified atom stereocenters. The molecule has 0 aromatic rings. The number of hydrogen-bond acceptors (Lipinski definition) is 4. The first kappa shape index (κ1) is 13.9. The van der Waals surface area contributed by atoms with E-state index < -0.39 is 16.3 Å². The van der Waals surface area contributed by atoms with E-state index >= 15 is 0 Å². The van der Waals surface area contributed by atoms with E-state index in [0.29, 0.717) is 6.54 Å². The van der Waals surface area contributed by atoms with Crippen molar-refractivity contribution < 1.29 is 18.3 Å². The van der Waals surface area contributed by atoms with Gasteiger partial charge in [0, 0.05) is 19.1 Å². The second kappa shape index (κ2) is 5.42. The molecule has 16 heavy (non-hydrogen) atoms. The smallest absolute Gasteiger partial charge is 0.279 e. The van der Waals surface area contributed by atoms with E-state index in [9.17, 15) is 8.42 Å². The highest BCUT2D eigenvalue weighted by atomic mass is 32.2. The third kappa shape index (κ3) is 3.67. The zero-order valence-electron chi connectivity index (χ0n) is 9.88. The van der Waals surface area contributed by atoms with Crippen molar-refractivity contribution in [2.45, 2.75) is 39.0 Å². The molecular weight excluding hydrogens is 232 g/mol. The summed E-state index contributed by atoms with van der Waals surface area (Å²) in [5.74, 6) is 0. The van der Waals surface area contributed by atoms with Crippen LogP contribution in [0.2, 0.25) is 0 Å². The molecule has 7 heteroatoms. The monoisotopic (exact) mass is 252 g/mol. The van der Waals surface area contributed by atoms with Gasteiger partial charge >= 0.3 is 0 Å². The van der Waals surface area contributed by atoms with E-state index in [0.717, 1.165) is 0 Å². The first-order chi connectivity index (χ1) is 7.35. The highest BCUT2D eigenvalue weighted by Crippen LogP contribution is 2.13. The van der Waals surface area contributed by atoms with Crippen molar-refractivity contribution in [1.29, 1.82) is 0 Å². The fourth-order valence-electron chi connectivity index (χ4n) is 1.67. The molecule has 1 rings (SSSR count). The van der Waals surface area contributed by atoms with Crippen LogP contribution in [0, 0.1) is 0 Å². The van der Waals surface area contributed by atoms with Crippen LogP contribution in [0.5, 0.6) is 0 Å². The molecule has 96 valence electrons. The molecule has 1 aliphatic heterocycles. The minimum Gasteiger partial charge on any atom is -0.394 e. The Hall–Kier alpha value is -0.210. The van der Waals surface area contributed by atoms with Gasteiger partial charge in [0.25, 0.3) is 10.2 Å². The Bertz CT molecular complexity index is 317. The first-order valence-electron chi connectivity index (χ1n) is 5.39. The van der Waals surface area contributed by atoms with Gasteiger partial charge in [0.15, 0.2) is 0 Å². The summed E-state index contributed by atoms with van der Waals surface area (Å²) < 4.78 is 33.0. The average molecular weight is 252 g/mol. The molecule has 0 spiro atoms. The molecular formula is C9H20N2O4S. The quantitative estimate of drug-likeness (QED) is 0.694. The van der Waals surface area contributed by atoms with E-state index in [4.69, 9.17) is 9.84 Å². The van der Waals surface area contributed by atoms with Crippen LogP contribution in [-0.2, 0) is 14.9 Å². The molecule has 1 saturated heterocycles. The zero-order valence-corrected chi connectivity index (χ0v) is 10.7. The maximum absolute atomic E-state index is 11.9. The van der Waals surface area contributed by atoms with Gasteiger partial charge in [-0.3, -0.25) is 0 Å². The SMILES string of the molecule is CC(C)NS(=O)(=O)N1CC(C)OC(CO)C1. The fraction of sp³-hybridized carbons (Fsp3) is 1.00. The van der Waals surface area contributed by atoms with Gasteiger partial charge in [-0.2, -0.15) is 17.4 Å². The Morgan fingerprint density at radius 1 is 1.50 bits per heavy atom. The average Bonchev–Trinajstić information content (AvgIpc) is 2.14. The fourth-order valence-corrected chi connectivity index (χ4v) is 3.19. The maximum Gasteiger partial charge on any atom is 0.279 e. The number of nitrogens with one attached hydrogen (secondary N) is 1. The molecule has 1 aliphatic rings. The molecule has 1 heterocycles. The number of morpholine rings is 1. The largest absolute Gasteiger partial charge is 0.394 e. The van der Waals surface area contributed by atoms with Crippen LogP contribution in [0.25, 0.3) is 0 Å². The third-order valence-corrected chi connectivity index (χ3v) is 3.97. The summed E-state index contributed by atoms with van der Waals surface area (Å²) in [5, 5.41) is 9.01.